The maximum Gasteiger partial charge on any atom is 0.220 e. The maximum absolute atomic E-state index is 11.5. The van der Waals surface area contributed by atoms with Gasteiger partial charge in [0.15, 0.2) is 0 Å². The summed E-state index contributed by atoms with van der Waals surface area (Å²) in [7, 11) is 0. The van der Waals surface area contributed by atoms with Crippen LogP contribution in [0, 0.1) is 5.92 Å². The number of carbonyl (C=O) groups is 1. The lowest BCUT2D eigenvalue weighted by molar-refractivity contribution is -0.121. The van der Waals surface area contributed by atoms with Crippen LogP contribution in [0.3, 0.4) is 0 Å². The van der Waals surface area contributed by atoms with Gasteiger partial charge in [-0.2, -0.15) is 0 Å². The van der Waals surface area contributed by atoms with E-state index in [1.807, 2.05) is 24.3 Å². The van der Waals surface area contributed by atoms with E-state index in [9.17, 15) is 4.79 Å². The fourth-order valence-corrected chi connectivity index (χ4v) is 1.50. The molecule has 0 aliphatic rings. The molecule has 0 atom stereocenters. The van der Waals surface area contributed by atoms with Crippen molar-refractivity contribution in [3.05, 3.63) is 35.4 Å². The fourth-order valence-electron chi connectivity index (χ4n) is 1.50. The van der Waals surface area contributed by atoms with Crippen molar-refractivity contribution in [2.45, 2.75) is 39.8 Å². The standard InChI is InChI=1S/C14H22N2O/c1-11(2)3-8-14(17)16-10-13-6-4-12(9-15)5-7-13/h4-7,11H,3,8-10,15H2,1-2H3,(H,16,17). The first-order valence-electron chi connectivity index (χ1n) is 6.16. The first-order valence-corrected chi connectivity index (χ1v) is 6.16. The molecule has 0 bridgehead atoms. The van der Waals surface area contributed by atoms with Crippen molar-refractivity contribution in [3.8, 4) is 0 Å². The van der Waals surface area contributed by atoms with Gasteiger partial charge in [0.1, 0.15) is 0 Å². The molecule has 1 amide bonds. The summed E-state index contributed by atoms with van der Waals surface area (Å²) in [6.45, 7) is 5.40. The number of carbonyl (C=O) groups excluding carboxylic acids is 1. The zero-order valence-corrected chi connectivity index (χ0v) is 10.7. The van der Waals surface area contributed by atoms with Crippen molar-refractivity contribution >= 4 is 5.91 Å². The molecule has 94 valence electrons. The van der Waals surface area contributed by atoms with Crippen LogP contribution >= 0.6 is 0 Å². The van der Waals surface area contributed by atoms with Gasteiger partial charge in [0.05, 0.1) is 0 Å². The molecule has 0 fully saturated rings. The van der Waals surface area contributed by atoms with Gasteiger partial charge >= 0.3 is 0 Å². The van der Waals surface area contributed by atoms with Crippen molar-refractivity contribution in [1.82, 2.24) is 5.32 Å². The summed E-state index contributed by atoms with van der Waals surface area (Å²) < 4.78 is 0. The lowest BCUT2D eigenvalue weighted by Crippen LogP contribution is -2.22. The second-order valence-corrected chi connectivity index (χ2v) is 4.73. The van der Waals surface area contributed by atoms with E-state index in [2.05, 4.69) is 19.2 Å². The normalized spacial score (nSPS) is 10.6. The quantitative estimate of drug-likeness (QED) is 0.792. The monoisotopic (exact) mass is 234 g/mol. The summed E-state index contributed by atoms with van der Waals surface area (Å²) in [4.78, 5) is 11.5. The van der Waals surface area contributed by atoms with E-state index in [-0.39, 0.29) is 5.91 Å². The molecule has 0 saturated heterocycles. The Labute approximate surface area is 103 Å². The Bertz CT molecular complexity index is 344. The molecule has 0 aromatic heterocycles. The minimum absolute atomic E-state index is 0.126. The Morgan fingerprint density at radius 1 is 1.24 bits per heavy atom. The molecule has 1 rings (SSSR count). The topological polar surface area (TPSA) is 55.1 Å². The molecule has 3 N–H and O–H groups in total. The third-order valence-corrected chi connectivity index (χ3v) is 2.70. The van der Waals surface area contributed by atoms with E-state index in [4.69, 9.17) is 5.73 Å². The predicted octanol–water partition coefficient (Wildman–Crippen LogP) is 2.20. The second-order valence-electron chi connectivity index (χ2n) is 4.73. The van der Waals surface area contributed by atoms with Crippen LogP contribution in [0.5, 0.6) is 0 Å². The number of rotatable bonds is 6. The van der Waals surface area contributed by atoms with Gasteiger partial charge in [0.2, 0.25) is 5.91 Å². The first kappa shape index (κ1) is 13.7. The highest BCUT2D eigenvalue weighted by molar-refractivity contribution is 5.75. The first-order chi connectivity index (χ1) is 8.11. The molecule has 1 aromatic rings. The van der Waals surface area contributed by atoms with Crippen molar-refractivity contribution in [2.75, 3.05) is 0 Å². The van der Waals surface area contributed by atoms with Crippen LogP contribution in [-0.4, -0.2) is 5.91 Å². The third-order valence-electron chi connectivity index (χ3n) is 2.70. The minimum Gasteiger partial charge on any atom is -0.352 e. The molecule has 0 unspecified atom stereocenters. The van der Waals surface area contributed by atoms with E-state index in [1.165, 1.54) is 0 Å². The summed E-state index contributed by atoms with van der Waals surface area (Å²) >= 11 is 0. The Kier molecular flexibility index (Phi) is 5.70. The van der Waals surface area contributed by atoms with Crippen LogP contribution < -0.4 is 11.1 Å². The molecule has 3 nitrogen and oxygen atoms in total. The molecule has 1 aromatic carbocycles. The molecule has 0 radical (unpaired) electrons. The van der Waals surface area contributed by atoms with Crippen LogP contribution in [0.25, 0.3) is 0 Å². The van der Waals surface area contributed by atoms with Crippen molar-refractivity contribution < 1.29 is 4.79 Å². The Hall–Kier alpha value is -1.35. The van der Waals surface area contributed by atoms with E-state index in [0.717, 1.165) is 17.5 Å². The van der Waals surface area contributed by atoms with Crippen LogP contribution in [0.2, 0.25) is 0 Å². The largest absolute Gasteiger partial charge is 0.352 e. The van der Waals surface area contributed by atoms with Crippen LogP contribution in [-0.2, 0) is 17.9 Å². The Morgan fingerprint density at radius 2 is 1.82 bits per heavy atom. The zero-order chi connectivity index (χ0) is 12.7. The van der Waals surface area contributed by atoms with Crippen molar-refractivity contribution in [1.29, 1.82) is 0 Å². The molecule has 0 spiro atoms. The van der Waals surface area contributed by atoms with Crippen molar-refractivity contribution in [2.24, 2.45) is 11.7 Å². The Morgan fingerprint density at radius 3 is 2.35 bits per heavy atom. The molecule has 0 aliphatic carbocycles. The maximum atomic E-state index is 11.5. The van der Waals surface area contributed by atoms with E-state index in [0.29, 0.717) is 25.4 Å². The summed E-state index contributed by atoms with van der Waals surface area (Å²) in [5, 5.41) is 2.92. The molecular formula is C14H22N2O. The summed E-state index contributed by atoms with van der Waals surface area (Å²) in [5.74, 6) is 0.700. The molecule has 0 saturated carbocycles. The molecule has 3 heteroatoms. The van der Waals surface area contributed by atoms with Gasteiger partial charge in [-0.3, -0.25) is 4.79 Å². The summed E-state index contributed by atoms with van der Waals surface area (Å²) in [6, 6.07) is 8.00. The fraction of sp³-hybridized carbons (Fsp3) is 0.500. The highest BCUT2D eigenvalue weighted by Gasteiger charge is 2.03. The van der Waals surface area contributed by atoms with Crippen LogP contribution in [0.4, 0.5) is 0 Å². The van der Waals surface area contributed by atoms with E-state index in [1.54, 1.807) is 0 Å². The molecule has 17 heavy (non-hydrogen) atoms. The minimum atomic E-state index is 0.126. The lowest BCUT2D eigenvalue weighted by atomic mass is 10.1. The predicted molar refractivity (Wildman–Crippen MR) is 70.3 cm³/mol. The number of hydrogen-bond donors (Lipinski definition) is 2. The third kappa shape index (κ3) is 5.50. The molecular weight excluding hydrogens is 212 g/mol. The van der Waals surface area contributed by atoms with Gasteiger partial charge in [-0.1, -0.05) is 38.1 Å². The number of amides is 1. The summed E-state index contributed by atoms with van der Waals surface area (Å²) in [5.41, 5.74) is 7.74. The second kappa shape index (κ2) is 7.07. The van der Waals surface area contributed by atoms with Crippen LogP contribution in [0.1, 0.15) is 37.8 Å². The van der Waals surface area contributed by atoms with Gasteiger partial charge in [-0.25, -0.2) is 0 Å². The van der Waals surface area contributed by atoms with Crippen LogP contribution in [0.15, 0.2) is 24.3 Å². The highest BCUT2D eigenvalue weighted by atomic mass is 16.1. The highest BCUT2D eigenvalue weighted by Crippen LogP contribution is 2.05. The van der Waals surface area contributed by atoms with Gasteiger partial charge < -0.3 is 11.1 Å². The number of nitrogens with one attached hydrogen (secondary N) is 1. The van der Waals surface area contributed by atoms with E-state index >= 15 is 0 Å². The average Bonchev–Trinajstić information content (AvgIpc) is 2.34. The zero-order valence-electron chi connectivity index (χ0n) is 10.7. The SMILES string of the molecule is CC(C)CCC(=O)NCc1ccc(CN)cc1. The number of nitrogens with two attached hydrogens (primary N) is 1. The number of hydrogen-bond acceptors (Lipinski definition) is 2. The van der Waals surface area contributed by atoms with Crippen molar-refractivity contribution in [3.63, 3.8) is 0 Å². The lowest BCUT2D eigenvalue weighted by Gasteiger charge is -2.07. The van der Waals surface area contributed by atoms with Gasteiger partial charge in [-0.15, -0.1) is 0 Å². The molecule has 0 heterocycles. The van der Waals surface area contributed by atoms with Gasteiger partial charge in [-0.05, 0) is 23.5 Å². The molecule has 0 aliphatic heterocycles. The Balaban J connectivity index is 2.31. The average molecular weight is 234 g/mol. The smallest absolute Gasteiger partial charge is 0.220 e. The number of benzene rings is 1. The van der Waals surface area contributed by atoms with E-state index < -0.39 is 0 Å². The summed E-state index contributed by atoms with van der Waals surface area (Å²) in [6.07, 6.45) is 1.55. The van der Waals surface area contributed by atoms with Gasteiger partial charge in [0.25, 0.3) is 0 Å². The van der Waals surface area contributed by atoms with Gasteiger partial charge in [0, 0.05) is 19.5 Å².